The molecule has 2 rings (SSSR count). The van der Waals surface area contributed by atoms with Gasteiger partial charge in [0.2, 0.25) is 0 Å². The maximum atomic E-state index is 13.7. The van der Waals surface area contributed by atoms with Crippen LogP contribution in [0.15, 0.2) is 30.3 Å². The van der Waals surface area contributed by atoms with Crippen molar-refractivity contribution in [1.82, 2.24) is 0 Å². The molecule has 0 saturated carbocycles. The number of anilines is 1. The van der Waals surface area contributed by atoms with Crippen LogP contribution in [0, 0.1) is 26.6 Å². The summed E-state index contributed by atoms with van der Waals surface area (Å²) in [6, 6.07) is 7.86. The van der Waals surface area contributed by atoms with Crippen molar-refractivity contribution < 1.29 is 9.18 Å². The van der Waals surface area contributed by atoms with Gasteiger partial charge in [0.1, 0.15) is 5.82 Å². The fourth-order valence-corrected chi connectivity index (χ4v) is 2.40. The van der Waals surface area contributed by atoms with Gasteiger partial charge in [-0.15, -0.1) is 0 Å². The molecule has 0 unspecified atom stereocenters. The lowest BCUT2D eigenvalue weighted by atomic mass is 10.0. The van der Waals surface area contributed by atoms with Crippen LogP contribution < -0.4 is 5.32 Å². The van der Waals surface area contributed by atoms with Crippen LogP contribution in [0.25, 0.3) is 0 Å². The minimum atomic E-state index is -0.589. The van der Waals surface area contributed by atoms with E-state index < -0.39 is 11.7 Å². The Morgan fingerprint density at radius 3 is 2.30 bits per heavy atom. The molecule has 0 aliphatic carbocycles. The number of carbonyl (C=O) groups is 1. The van der Waals surface area contributed by atoms with E-state index >= 15 is 0 Å². The van der Waals surface area contributed by atoms with Gasteiger partial charge in [-0.1, -0.05) is 29.3 Å². The van der Waals surface area contributed by atoms with E-state index in [1.54, 1.807) is 0 Å². The van der Waals surface area contributed by atoms with Crippen LogP contribution in [-0.4, -0.2) is 5.91 Å². The van der Waals surface area contributed by atoms with Crippen molar-refractivity contribution in [2.75, 3.05) is 5.32 Å². The summed E-state index contributed by atoms with van der Waals surface area (Å²) in [5, 5.41) is 3.08. The SMILES string of the molecule is Cc1cc(C)c(NC(=O)c2cc(Cl)ccc2F)c(C)c1. The molecule has 0 aliphatic rings. The summed E-state index contributed by atoms with van der Waals surface area (Å²) in [6.07, 6.45) is 0. The number of carbonyl (C=O) groups excluding carboxylic acids is 1. The molecule has 104 valence electrons. The second-order valence-corrected chi connectivity index (χ2v) is 5.29. The molecule has 0 spiro atoms. The van der Waals surface area contributed by atoms with E-state index in [9.17, 15) is 9.18 Å². The van der Waals surface area contributed by atoms with Crippen LogP contribution in [0.1, 0.15) is 27.0 Å². The lowest BCUT2D eigenvalue weighted by Gasteiger charge is -2.13. The Kier molecular flexibility index (Phi) is 4.09. The summed E-state index contributed by atoms with van der Waals surface area (Å²) in [6.45, 7) is 5.80. The van der Waals surface area contributed by atoms with E-state index in [-0.39, 0.29) is 5.56 Å². The number of aryl methyl sites for hydroxylation is 3. The summed E-state index contributed by atoms with van der Waals surface area (Å²) in [4.78, 5) is 12.2. The molecule has 0 aliphatic heterocycles. The van der Waals surface area contributed by atoms with Gasteiger partial charge in [0.15, 0.2) is 0 Å². The van der Waals surface area contributed by atoms with Gasteiger partial charge in [0.05, 0.1) is 5.56 Å². The molecule has 0 fully saturated rings. The molecule has 0 bridgehead atoms. The molecule has 0 saturated heterocycles. The Morgan fingerprint density at radius 1 is 1.10 bits per heavy atom. The van der Waals surface area contributed by atoms with Gasteiger partial charge in [-0.05, 0) is 50.1 Å². The highest BCUT2D eigenvalue weighted by Crippen LogP contribution is 2.23. The number of hydrogen-bond acceptors (Lipinski definition) is 1. The van der Waals surface area contributed by atoms with Gasteiger partial charge in [-0.3, -0.25) is 4.79 Å². The van der Waals surface area contributed by atoms with E-state index in [0.717, 1.165) is 16.7 Å². The Morgan fingerprint density at radius 2 is 1.70 bits per heavy atom. The molecular weight excluding hydrogens is 277 g/mol. The first-order valence-electron chi connectivity index (χ1n) is 6.22. The first-order chi connectivity index (χ1) is 9.38. The minimum Gasteiger partial charge on any atom is -0.321 e. The first-order valence-corrected chi connectivity index (χ1v) is 6.60. The Balaban J connectivity index is 2.35. The molecule has 0 radical (unpaired) electrons. The zero-order chi connectivity index (χ0) is 14.9. The van der Waals surface area contributed by atoms with Crippen molar-refractivity contribution >= 4 is 23.2 Å². The number of amides is 1. The third-order valence-corrected chi connectivity index (χ3v) is 3.32. The van der Waals surface area contributed by atoms with Gasteiger partial charge >= 0.3 is 0 Å². The Labute approximate surface area is 122 Å². The molecule has 2 nitrogen and oxygen atoms in total. The summed E-state index contributed by atoms with van der Waals surface area (Å²) in [5.41, 5.74) is 3.65. The summed E-state index contributed by atoms with van der Waals surface area (Å²) in [5.74, 6) is -1.09. The zero-order valence-corrected chi connectivity index (χ0v) is 12.3. The number of benzene rings is 2. The largest absolute Gasteiger partial charge is 0.321 e. The second kappa shape index (κ2) is 5.63. The van der Waals surface area contributed by atoms with E-state index in [1.165, 1.54) is 18.2 Å². The quantitative estimate of drug-likeness (QED) is 0.857. The number of nitrogens with one attached hydrogen (secondary N) is 1. The van der Waals surface area contributed by atoms with Gasteiger partial charge in [0, 0.05) is 10.7 Å². The zero-order valence-electron chi connectivity index (χ0n) is 11.6. The molecular formula is C16H15ClFNO. The maximum absolute atomic E-state index is 13.7. The maximum Gasteiger partial charge on any atom is 0.258 e. The molecule has 20 heavy (non-hydrogen) atoms. The molecule has 2 aromatic carbocycles. The van der Waals surface area contributed by atoms with Crippen molar-refractivity contribution in [2.45, 2.75) is 20.8 Å². The molecule has 0 atom stereocenters. The predicted octanol–water partition coefficient (Wildman–Crippen LogP) is 4.66. The average molecular weight is 292 g/mol. The van der Waals surface area contributed by atoms with Crippen LogP contribution in [-0.2, 0) is 0 Å². The predicted molar refractivity (Wildman–Crippen MR) is 80.0 cm³/mol. The lowest BCUT2D eigenvalue weighted by molar-refractivity contribution is 0.102. The fourth-order valence-electron chi connectivity index (χ4n) is 2.23. The highest BCUT2D eigenvalue weighted by molar-refractivity contribution is 6.31. The fraction of sp³-hybridized carbons (Fsp3) is 0.188. The lowest BCUT2D eigenvalue weighted by Crippen LogP contribution is -2.15. The molecule has 1 amide bonds. The second-order valence-electron chi connectivity index (χ2n) is 4.85. The smallest absolute Gasteiger partial charge is 0.258 e. The highest BCUT2D eigenvalue weighted by Gasteiger charge is 2.14. The van der Waals surface area contributed by atoms with E-state index in [0.29, 0.717) is 10.7 Å². The monoisotopic (exact) mass is 291 g/mol. The van der Waals surface area contributed by atoms with E-state index in [4.69, 9.17) is 11.6 Å². The third kappa shape index (κ3) is 2.99. The molecule has 4 heteroatoms. The van der Waals surface area contributed by atoms with Gasteiger partial charge in [-0.25, -0.2) is 4.39 Å². The summed E-state index contributed by atoms with van der Waals surface area (Å²) < 4.78 is 13.7. The number of halogens is 2. The minimum absolute atomic E-state index is 0.0584. The van der Waals surface area contributed by atoms with Crippen LogP contribution in [0.5, 0.6) is 0 Å². The Hall–Kier alpha value is -1.87. The number of hydrogen-bond donors (Lipinski definition) is 1. The van der Waals surface area contributed by atoms with Gasteiger partial charge < -0.3 is 5.32 Å². The van der Waals surface area contributed by atoms with Crippen molar-refractivity contribution in [2.24, 2.45) is 0 Å². The highest BCUT2D eigenvalue weighted by atomic mass is 35.5. The summed E-state index contributed by atoms with van der Waals surface area (Å²) in [7, 11) is 0. The summed E-state index contributed by atoms with van der Waals surface area (Å²) >= 11 is 5.80. The van der Waals surface area contributed by atoms with Crippen LogP contribution >= 0.6 is 11.6 Å². The molecule has 1 N–H and O–H groups in total. The van der Waals surface area contributed by atoms with E-state index in [1.807, 2.05) is 32.9 Å². The van der Waals surface area contributed by atoms with Crippen molar-refractivity contribution in [3.05, 3.63) is 63.4 Å². The molecule has 0 heterocycles. The Bertz CT molecular complexity index is 659. The van der Waals surface area contributed by atoms with Gasteiger partial charge in [0.25, 0.3) is 5.91 Å². The van der Waals surface area contributed by atoms with Crippen LogP contribution in [0.3, 0.4) is 0 Å². The number of rotatable bonds is 2. The van der Waals surface area contributed by atoms with Crippen LogP contribution in [0.4, 0.5) is 10.1 Å². The normalized spacial score (nSPS) is 10.4. The average Bonchev–Trinajstić information content (AvgIpc) is 2.36. The molecule has 0 aromatic heterocycles. The van der Waals surface area contributed by atoms with Crippen molar-refractivity contribution in [3.63, 3.8) is 0 Å². The topological polar surface area (TPSA) is 29.1 Å². The molecule has 2 aromatic rings. The van der Waals surface area contributed by atoms with Crippen LogP contribution in [0.2, 0.25) is 5.02 Å². The van der Waals surface area contributed by atoms with Crippen molar-refractivity contribution in [3.8, 4) is 0 Å². The standard InChI is InChI=1S/C16H15ClFNO/c1-9-6-10(2)15(11(3)7-9)19-16(20)13-8-12(17)4-5-14(13)18/h4-8H,1-3H3,(H,19,20). The van der Waals surface area contributed by atoms with Crippen molar-refractivity contribution in [1.29, 1.82) is 0 Å². The first kappa shape index (κ1) is 14.5. The van der Waals surface area contributed by atoms with Gasteiger partial charge in [-0.2, -0.15) is 0 Å². The third-order valence-electron chi connectivity index (χ3n) is 3.09. The van der Waals surface area contributed by atoms with E-state index in [2.05, 4.69) is 5.32 Å².